The van der Waals surface area contributed by atoms with Crippen molar-refractivity contribution in [1.29, 1.82) is 0 Å². The molecule has 1 aliphatic heterocycles. The molecule has 0 saturated carbocycles. The van der Waals surface area contributed by atoms with Gasteiger partial charge in [0.2, 0.25) is 5.91 Å². The first-order valence-corrected chi connectivity index (χ1v) is 8.10. The van der Waals surface area contributed by atoms with E-state index in [1.54, 1.807) is 7.05 Å². The van der Waals surface area contributed by atoms with Crippen LogP contribution < -0.4 is 11.1 Å². The van der Waals surface area contributed by atoms with E-state index in [2.05, 4.69) is 24.1 Å². The van der Waals surface area contributed by atoms with Crippen molar-refractivity contribution in [2.75, 3.05) is 26.7 Å². The fourth-order valence-electron chi connectivity index (χ4n) is 3.03. The molecular formula is C16H33N3O. The van der Waals surface area contributed by atoms with E-state index in [1.807, 2.05) is 6.92 Å². The predicted octanol–water partition coefficient (Wildman–Crippen LogP) is 1.99. The number of piperidine rings is 1. The van der Waals surface area contributed by atoms with Crippen LogP contribution in [0.1, 0.15) is 52.9 Å². The first-order chi connectivity index (χ1) is 9.39. The number of nitrogens with two attached hydrogens (primary N) is 1. The quantitative estimate of drug-likeness (QED) is 0.670. The predicted molar refractivity (Wildman–Crippen MR) is 84.5 cm³/mol. The highest BCUT2D eigenvalue weighted by atomic mass is 16.1. The number of primary amides is 1. The van der Waals surface area contributed by atoms with Gasteiger partial charge >= 0.3 is 0 Å². The SMILES string of the molecule is CNC(C)(CCCCN1CCC(C(C)C)CC1)C(N)=O. The van der Waals surface area contributed by atoms with Crippen LogP contribution in [0.5, 0.6) is 0 Å². The van der Waals surface area contributed by atoms with Crippen molar-refractivity contribution in [1.82, 2.24) is 10.2 Å². The number of hydrogen-bond donors (Lipinski definition) is 2. The van der Waals surface area contributed by atoms with Crippen molar-refractivity contribution in [3.05, 3.63) is 0 Å². The van der Waals surface area contributed by atoms with Gasteiger partial charge in [-0.2, -0.15) is 0 Å². The lowest BCUT2D eigenvalue weighted by atomic mass is 9.86. The number of nitrogens with zero attached hydrogens (tertiary/aromatic N) is 1. The van der Waals surface area contributed by atoms with E-state index >= 15 is 0 Å². The van der Waals surface area contributed by atoms with Gasteiger partial charge in [-0.1, -0.05) is 13.8 Å². The van der Waals surface area contributed by atoms with Gasteiger partial charge in [0.1, 0.15) is 0 Å². The monoisotopic (exact) mass is 283 g/mol. The summed E-state index contributed by atoms with van der Waals surface area (Å²) in [5, 5.41) is 3.05. The minimum atomic E-state index is -0.551. The van der Waals surface area contributed by atoms with Crippen molar-refractivity contribution in [3.63, 3.8) is 0 Å². The Hall–Kier alpha value is -0.610. The van der Waals surface area contributed by atoms with Gasteiger partial charge < -0.3 is 16.0 Å². The van der Waals surface area contributed by atoms with Crippen LogP contribution in [0.15, 0.2) is 0 Å². The lowest BCUT2D eigenvalue weighted by Crippen LogP contribution is -2.51. The van der Waals surface area contributed by atoms with Gasteiger partial charge in [-0.05, 0) is 77.5 Å². The average molecular weight is 283 g/mol. The molecule has 1 fully saturated rings. The minimum absolute atomic E-state index is 0.252. The maximum absolute atomic E-state index is 11.4. The molecule has 0 aromatic carbocycles. The normalized spacial score (nSPS) is 21.1. The minimum Gasteiger partial charge on any atom is -0.368 e. The molecule has 4 nitrogen and oxygen atoms in total. The topological polar surface area (TPSA) is 58.4 Å². The fourth-order valence-corrected chi connectivity index (χ4v) is 3.03. The number of carbonyl (C=O) groups is 1. The molecule has 1 aliphatic rings. The van der Waals surface area contributed by atoms with Gasteiger partial charge in [0, 0.05) is 0 Å². The highest BCUT2D eigenvalue weighted by Crippen LogP contribution is 2.24. The van der Waals surface area contributed by atoms with Gasteiger partial charge in [0.15, 0.2) is 0 Å². The maximum atomic E-state index is 11.4. The number of unbranched alkanes of at least 4 members (excludes halogenated alkanes) is 1. The van der Waals surface area contributed by atoms with Crippen LogP contribution in [-0.2, 0) is 4.79 Å². The molecule has 1 rings (SSSR count). The Morgan fingerprint density at radius 1 is 1.35 bits per heavy atom. The highest BCUT2D eigenvalue weighted by Gasteiger charge is 2.28. The highest BCUT2D eigenvalue weighted by molar-refractivity contribution is 5.84. The Morgan fingerprint density at radius 3 is 2.40 bits per heavy atom. The van der Waals surface area contributed by atoms with Crippen LogP contribution >= 0.6 is 0 Å². The third-order valence-corrected chi connectivity index (χ3v) is 5.07. The third kappa shape index (κ3) is 5.06. The second-order valence-electron chi connectivity index (χ2n) is 6.83. The number of amides is 1. The summed E-state index contributed by atoms with van der Waals surface area (Å²) in [6, 6.07) is 0. The standard InChI is InChI=1S/C16H33N3O/c1-13(2)14-7-11-19(12-8-14)10-6-5-9-16(3,18-4)15(17)20/h13-14,18H,5-12H2,1-4H3,(H2,17,20). The zero-order valence-electron chi connectivity index (χ0n) is 13.7. The summed E-state index contributed by atoms with van der Waals surface area (Å²) in [6.07, 6.45) is 5.70. The lowest BCUT2D eigenvalue weighted by molar-refractivity contribution is -0.123. The van der Waals surface area contributed by atoms with Crippen molar-refractivity contribution in [3.8, 4) is 0 Å². The smallest absolute Gasteiger partial charge is 0.237 e. The summed E-state index contributed by atoms with van der Waals surface area (Å²) >= 11 is 0. The molecule has 1 saturated heterocycles. The van der Waals surface area contributed by atoms with Crippen LogP contribution in [0, 0.1) is 11.8 Å². The molecule has 0 aromatic heterocycles. The van der Waals surface area contributed by atoms with E-state index in [9.17, 15) is 4.79 Å². The zero-order chi connectivity index (χ0) is 15.2. The second-order valence-corrected chi connectivity index (χ2v) is 6.83. The molecule has 3 N–H and O–H groups in total. The Balaban J connectivity index is 2.18. The van der Waals surface area contributed by atoms with Crippen LogP contribution in [0.2, 0.25) is 0 Å². The Labute approximate surface area is 124 Å². The molecule has 0 aromatic rings. The van der Waals surface area contributed by atoms with Crippen LogP contribution in [0.25, 0.3) is 0 Å². The Bertz CT molecular complexity index is 298. The number of likely N-dealkylation sites (tertiary alicyclic amines) is 1. The molecule has 0 radical (unpaired) electrons. The molecular weight excluding hydrogens is 250 g/mol. The maximum Gasteiger partial charge on any atom is 0.237 e. The Morgan fingerprint density at radius 2 is 1.95 bits per heavy atom. The van der Waals surface area contributed by atoms with E-state index in [4.69, 9.17) is 5.73 Å². The zero-order valence-corrected chi connectivity index (χ0v) is 13.7. The summed E-state index contributed by atoms with van der Waals surface area (Å²) in [5.41, 5.74) is 4.89. The van der Waals surface area contributed by atoms with Crippen LogP contribution in [0.3, 0.4) is 0 Å². The summed E-state index contributed by atoms with van der Waals surface area (Å²) in [7, 11) is 1.81. The first kappa shape index (κ1) is 17.4. The first-order valence-electron chi connectivity index (χ1n) is 8.10. The molecule has 20 heavy (non-hydrogen) atoms. The van der Waals surface area contributed by atoms with Gasteiger partial charge in [-0.25, -0.2) is 0 Å². The van der Waals surface area contributed by atoms with E-state index < -0.39 is 5.54 Å². The van der Waals surface area contributed by atoms with E-state index in [0.717, 1.165) is 37.6 Å². The van der Waals surface area contributed by atoms with Crippen molar-refractivity contribution in [2.24, 2.45) is 17.6 Å². The molecule has 1 atom stereocenters. The number of rotatable bonds is 8. The van der Waals surface area contributed by atoms with Crippen molar-refractivity contribution >= 4 is 5.91 Å². The van der Waals surface area contributed by atoms with Crippen LogP contribution in [0.4, 0.5) is 0 Å². The van der Waals surface area contributed by atoms with Gasteiger partial charge in [0.25, 0.3) is 0 Å². The van der Waals surface area contributed by atoms with Gasteiger partial charge in [-0.15, -0.1) is 0 Å². The average Bonchev–Trinajstić information content (AvgIpc) is 2.43. The fraction of sp³-hybridized carbons (Fsp3) is 0.938. The van der Waals surface area contributed by atoms with Gasteiger partial charge in [-0.3, -0.25) is 4.79 Å². The largest absolute Gasteiger partial charge is 0.368 e. The molecule has 1 heterocycles. The van der Waals surface area contributed by atoms with E-state index in [-0.39, 0.29) is 5.91 Å². The number of nitrogens with one attached hydrogen (secondary N) is 1. The third-order valence-electron chi connectivity index (χ3n) is 5.07. The lowest BCUT2D eigenvalue weighted by Gasteiger charge is -2.34. The van der Waals surface area contributed by atoms with E-state index in [1.165, 1.54) is 25.9 Å². The second kappa shape index (κ2) is 7.99. The molecule has 0 aliphatic carbocycles. The number of hydrogen-bond acceptors (Lipinski definition) is 3. The number of likely N-dealkylation sites (N-methyl/N-ethyl adjacent to an activating group) is 1. The summed E-state index contributed by atoms with van der Waals surface area (Å²) < 4.78 is 0. The summed E-state index contributed by atoms with van der Waals surface area (Å²) in [5.74, 6) is 1.48. The van der Waals surface area contributed by atoms with Crippen molar-refractivity contribution in [2.45, 2.75) is 58.4 Å². The molecule has 4 heteroatoms. The molecule has 118 valence electrons. The summed E-state index contributed by atoms with van der Waals surface area (Å²) in [6.45, 7) is 10.2. The molecule has 0 spiro atoms. The Kier molecular flexibility index (Phi) is 6.96. The van der Waals surface area contributed by atoms with Gasteiger partial charge in [0.05, 0.1) is 5.54 Å². The van der Waals surface area contributed by atoms with E-state index in [0.29, 0.717) is 0 Å². The van der Waals surface area contributed by atoms with Crippen LogP contribution in [-0.4, -0.2) is 43.0 Å². The molecule has 1 unspecified atom stereocenters. The number of carbonyl (C=O) groups excluding carboxylic acids is 1. The van der Waals surface area contributed by atoms with Crippen molar-refractivity contribution < 1.29 is 4.79 Å². The molecule has 0 bridgehead atoms. The summed E-state index contributed by atoms with van der Waals surface area (Å²) in [4.78, 5) is 14.0. The molecule has 1 amide bonds.